The van der Waals surface area contributed by atoms with Crippen molar-refractivity contribution in [3.05, 3.63) is 52.3 Å². The van der Waals surface area contributed by atoms with Crippen LogP contribution < -0.4 is 5.32 Å². The third kappa shape index (κ3) is 2.65. The number of hydrogen-bond acceptors (Lipinski definition) is 4. The highest BCUT2D eigenvalue weighted by Crippen LogP contribution is 2.41. The van der Waals surface area contributed by atoms with Gasteiger partial charge in [-0.05, 0) is 12.1 Å². The van der Waals surface area contributed by atoms with E-state index < -0.39 is 47.1 Å². The molecule has 1 aromatic carbocycles. The van der Waals surface area contributed by atoms with Gasteiger partial charge in [0.25, 0.3) is 12.9 Å². The summed E-state index contributed by atoms with van der Waals surface area (Å²) in [6.07, 6.45) is -5.27. The van der Waals surface area contributed by atoms with Crippen molar-refractivity contribution in [1.29, 1.82) is 10.5 Å². The zero-order valence-electron chi connectivity index (χ0n) is 12.7. The maximum atomic E-state index is 14.6. The lowest BCUT2D eigenvalue weighted by atomic mass is 9.80. The number of aromatic amines is 1. The fourth-order valence-electron chi connectivity index (χ4n) is 2.84. The van der Waals surface area contributed by atoms with Gasteiger partial charge in [0.15, 0.2) is 0 Å². The maximum Gasteiger partial charge on any atom is 0.279 e. The van der Waals surface area contributed by atoms with E-state index in [4.69, 9.17) is 0 Å². The summed E-state index contributed by atoms with van der Waals surface area (Å²) in [4.78, 5) is 0. The molecule has 1 aliphatic rings. The number of allylic oxidation sites excluding steroid dienone is 4. The van der Waals surface area contributed by atoms with Crippen LogP contribution in [-0.2, 0) is 0 Å². The van der Waals surface area contributed by atoms with E-state index >= 15 is 0 Å². The van der Waals surface area contributed by atoms with Crippen molar-refractivity contribution in [2.24, 2.45) is 0 Å². The van der Waals surface area contributed by atoms with E-state index in [9.17, 15) is 32.5 Å². The topological polar surface area (TPSA) is 88.3 Å². The summed E-state index contributed by atoms with van der Waals surface area (Å²) >= 11 is 0. The van der Waals surface area contributed by atoms with Gasteiger partial charge in [-0.15, -0.1) is 0 Å². The molecule has 0 fully saturated rings. The molecule has 2 aromatic rings. The number of nitriles is 2. The number of dihydropyridines is 1. The number of rotatable bonds is 3. The number of aromatic nitrogens is 2. The molecule has 132 valence electrons. The summed E-state index contributed by atoms with van der Waals surface area (Å²) in [6.45, 7) is 0. The van der Waals surface area contributed by atoms with Crippen molar-refractivity contribution in [1.82, 2.24) is 15.5 Å². The summed E-state index contributed by atoms with van der Waals surface area (Å²) < 4.78 is 67.7. The molecule has 1 aliphatic heterocycles. The fourth-order valence-corrected chi connectivity index (χ4v) is 2.84. The normalized spacial score (nSPS) is 15.6. The van der Waals surface area contributed by atoms with Gasteiger partial charge in [-0.1, -0.05) is 0 Å². The molecule has 26 heavy (non-hydrogen) atoms. The van der Waals surface area contributed by atoms with Crippen LogP contribution in [-0.4, -0.2) is 23.0 Å². The Morgan fingerprint density at radius 2 is 1.58 bits per heavy atom. The van der Waals surface area contributed by atoms with Crippen molar-refractivity contribution in [3.63, 3.8) is 0 Å². The molecule has 0 atom stereocenters. The zero-order valence-corrected chi connectivity index (χ0v) is 12.7. The Morgan fingerprint density at radius 3 is 2.08 bits per heavy atom. The molecule has 10 heteroatoms. The highest BCUT2D eigenvalue weighted by molar-refractivity contribution is 5.79. The molecule has 2 heterocycles. The molecule has 0 spiro atoms. The molecule has 5 nitrogen and oxygen atoms in total. The standard InChI is InChI=1S/C16H8F5N5/c17-10-2-11-6(5-24-26-11)1-7(10)12-8(3-22)13(15(18)19)25-14(16(20)21)9(12)4-23/h1-2,5,12,15-16,25H,(H,24,26). The Labute approximate surface area is 143 Å². The smallest absolute Gasteiger partial charge is 0.279 e. The van der Waals surface area contributed by atoms with Gasteiger partial charge < -0.3 is 5.32 Å². The highest BCUT2D eigenvalue weighted by Gasteiger charge is 2.38. The summed E-state index contributed by atoms with van der Waals surface area (Å²) in [5, 5.41) is 26.9. The van der Waals surface area contributed by atoms with Crippen molar-refractivity contribution in [3.8, 4) is 12.1 Å². The van der Waals surface area contributed by atoms with Gasteiger partial charge in [0.2, 0.25) is 0 Å². The molecule has 0 saturated carbocycles. The molecule has 0 unspecified atom stereocenters. The number of halogens is 5. The van der Waals surface area contributed by atoms with Gasteiger partial charge in [-0.2, -0.15) is 15.6 Å². The lowest BCUT2D eigenvalue weighted by Crippen LogP contribution is -2.32. The Bertz CT molecular complexity index is 980. The molecule has 0 bridgehead atoms. The number of nitrogens with zero attached hydrogens (tertiary/aromatic N) is 3. The molecular formula is C16H8F5N5. The minimum atomic E-state index is -3.29. The van der Waals surface area contributed by atoms with Crippen LogP contribution in [0.15, 0.2) is 40.9 Å². The highest BCUT2D eigenvalue weighted by atomic mass is 19.3. The van der Waals surface area contributed by atoms with E-state index in [-0.39, 0.29) is 11.1 Å². The first kappa shape index (κ1) is 17.4. The number of benzene rings is 1. The van der Waals surface area contributed by atoms with E-state index in [0.717, 1.165) is 6.07 Å². The van der Waals surface area contributed by atoms with Crippen LogP contribution in [0.5, 0.6) is 0 Å². The molecule has 2 N–H and O–H groups in total. The van der Waals surface area contributed by atoms with Gasteiger partial charge in [0.05, 0.1) is 52.3 Å². The van der Waals surface area contributed by atoms with E-state index in [1.54, 1.807) is 5.32 Å². The Balaban J connectivity index is 2.33. The van der Waals surface area contributed by atoms with Gasteiger partial charge in [0.1, 0.15) is 5.82 Å². The second kappa shape index (κ2) is 6.48. The lowest BCUT2D eigenvalue weighted by Gasteiger charge is -2.28. The van der Waals surface area contributed by atoms with E-state index in [2.05, 4.69) is 10.2 Å². The third-order valence-electron chi connectivity index (χ3n) is 3.97. The van der Waals surface area contributed by atoms with Crippen LogP contribution in [0.1, 0.15) is 11.5 Å². The predicted molar refractivity (Wildman–Crippen MR) is 79.2 cm³/mol. The first-order valence-electron chi connectivity index (χ1n) is 7.13. The second-order valence-electron chi connectivity index (χ2n) is 5.37. The van der Waals surface area contributed by atoms with Gasteiger partial charge in [-0.25, -0.2) is 22.0 Å². The minimum absolute atomic E-state index is 0.285. The van der Waals surface area contributed by atoms with Crippen LogP contribution in [0.2, 0.25) is 0 Å². The zero-order chi connectivity index (χ0) is 19.0. The summed E-state index contributed by atoms with van der Waals surface area (Å²) in [5.41, 5.74) is -3.58. The van der Waals surface area contributed by atoms with E-state index in [1.807, 2.05) is 0 Å². The third-order valence-corrected chi connectivity index (χ3v) is 3.97. The first-order valence-corrected chi connectivity index (χ1v) is 7.13. The number of fused-ring (bicyclic) bond motifs is 1. The van der Waals surface area contributed by atoms with Gasteiger partial charge in [-0.3, -0.25) is 5.10 Å². The quantitative estimate of drug-likeness (QED) is 0.816. The molecule has 0 radical (unpaired) electrons. The summed E-state index contributed by atoms with van der Waals surface area (Å²) in [6, 6.07) is 5.17. The second-order valence-corrected chi connectivity index (χ2v) is 5.37. The predicted octanol–water partition coefficient (Wildman–Crippen LogP) is 3.47. The van der Waals surface area contributed by atoms with Crippen LogP contribution in [0.3, 0.4) is 0 Å². The van der Waals surface area contributed by atoms with Crippen molar-refractivity contribution < 1.29 is 22.0 Å². The lowest BCUT2D eigenvalue weighted by molar-refractivity contribution is 0.159. The number of alkyl halides is 4. The molecular weight excluding hydrogens is 357 g/mol. The Kier molecular flexibility index (Phi) is 4.34. The summed E-state index contributed by atoms with van der Waals surface area (Å²) in [5.74, 6) is -2.63. The maximum absolute atomic E-state index is 14.6. The largest absolute Gasteiger partial charge is 0.351 e. The van der Waals surface area contributed by atoms with E-state index in [1.165, 1.54) is 24.4 Å². The average molecular weight is 365 g/mol. The van der Waals surface area contributed by atoms with E-state index in [0.29, 0.717) is 5.39 Å². The first-order chi connectivity index (χ1) is 12.4. The molecule has 0 aliphatic carbocycles. The van der Waals surface area contributed by atoms with Crippen molar-refractivity contribution in [2.45, 2.75) is 18.8 Å². The number of nitrogens with one attached hydrogen (secondary N) is 2. The number of H-pyrrole nitrogens is 1. The number of hydrogen-bond donors (Lipinski definition) is 2. The van der Waals surface area contributed by atoms with Crippen LogP contribution in [0, 0.1) is 28.5 Å². The molecule has 0 saturated heterocycles. The molecule has 1 aromatic heterocycles. The van der Waals surface area contributed by atoms with Gasteiger partial charge in [0, 0.05) is 10.9 Å². The Hall–Kier alpha value is -3.40. The fraction of sp³-hybridized carbons (Fsp3) is 0.188. The minimum Gasteiger partial charge on any atom is -0.351 e. The Morgan fingerprint density at radius 1 is 1.00 bits per heavy atom. The van der Waals surface area contributed by atoms with Crippen molar-refractivity contribution in [2.75, 3.05) is 0 Å². The van der Waals surface area contributed by atoms with Crippen LogP contribution in [0.25, 0.3) is 10.9 Å². The van der Waals surface area contributed by atoms with Crippen LogP contribution in [0.4, 0.5) is 22.0 Å². The average Bonchev–Trinajstić information content (AvgIpc) is 3.05. The SMILES string of the molecule is N#CC1=C(C(F)F)NC(C(F)F)=C(C#N)C1c1cc2cn[nH]c2cc1F. The molecule has 0 amide bonds. The molecule has 3 rings (SSSR count). The van der Waals surface area contributed by atoms with Gasteiger partial charge >= 0.3 is 0 Å². The van der Waals surface area contributed by atoms with Crippen molar-refractivity contribution >= 4 is 10.9 Å². The monoisotopic (exact) mass is 365 g/mol. The van der Waals surface area contributed by atoms with Crippen LogP contribution >= 0.6 is 0 Å². The summed E-state index contributed by atoms with van der Waals surface area (Å²) in [7, 11) is 0.